The predicted molar refractivity (Wildman–Crippen MR) is 83.3 cm³/mol. The first-order valence-electron chi connectivity index (χ1n) is 6.10. The van der Waals surface area contributed by atoms with Gasteiger partial charge in [-0.2, -0.15) is 0 Å². The quantitative estimate of drug-likeness (QED) is 0.735. The molecule has 2 aromatic carbocycles. The van der Waals surface area contributed by atoms with Gasteiger partial charge in [0, 0.05) is 17.5 Å². The van der Waals surface area contributed by atoms with E-state index in [9.17, 15) is 0 Å². The summed E-state index contributed by atoms with van der Waals surface area (Å²) < 4.78 is 0. The van der Waals surface area contributed by atoms with Gasteiger partial charge in [0.2, 0.25) is 0 Å². The van der Waals surface area contributed by atoms with Crippen LogP contribution in [0.1, 0.15) is 13.8 Å². The molecule has 0 aliphatic rings. The Hall–Kier alpha value is -1.53. The molecular formula is C16H14Cl2CoO4. The Kier molecular flexibility index (Phi) is 13.4. The van der Waals surface area contributed by atoms with E-state index in [1.807, 2.05) is 42.5 Å². The maximum absolute atomic E-state index is 8.89. The number of hydrogen-bond acceptors (Lipinski definition) is 4. The van der Waals surface area contributed by atoms with E-state index >= 15 is 0 Å². The molecule has 0 unspecified atom stereocenters. The van der Waals surface area contributed by atoms with E-state index < -0.39 is 11.9 Å². The Morgan fingerprint density at radius 3 is 1.70 bits per heavy atom. The van der Waals surface area contributed by atoms with Gasteiger partial charge in [-0.25, -0.2) is 0 Å². The number of halogens is 2. The molecular weight excluding hydrogens is 386 g/mol. The summed E-state index contributed by atoms with van der Waals surface area (Å²) in [6, 6.07) is 15.6. The number of carboxylic acid groups (broad SMARTS) is 2. The molecule has 7 heteroatoms. The Morgan fingerprint density at radius 2 is 1.26 bits per heavy atom. The monoisotopic (exact) mass is 399 g/mol. The zero-order valence-electron chi connectivity index (χ0n) is 12.3. The van der Waals surface area contributed by atoms with Crippen molar-refractivity contribution >= 4 is 35.1 Å². The first-order valence-corrected chi connectivity index (χ1v) is 6.86. The van der Waals surface area contributed by atoms with Crippen LogP contribution in [0.4, 0.5) is 0 Å². The summed E-state index contributed by atoms with van der Waals surface area (Å²) in [5.41, 5.74) is 2.06. The van der Waals surface area contributed by atoms with Gasteiger partial charge in [0.25, 0.3) is 0 Å². The van der Waals surface area contributed by atoms with Crippen LogP contribution in [0.25, 0.3) is 11.1 Å². The fraction of sp³-hybridized carbons (Fsp3) is 0.125. The molecule has 0 heterocycles. The van der Waals surface area contributed by atoms with Crippen molar-refractivity contribution in [1.82, 2.24) is 0 Å². The van der Waals surface area contributed by atoms with Crippen molar-refractivity contribution in [2.24, 2.45) is 0 Å². The second-order valence-electron chi connectivity index (χ2n) is 3.95. The van der Waals surface area contributed by atoms with Crippen molar-refractivity contribution in [3.63, 3.8) is 0 Å². The van der Waals surface area contributed by atoms with E-state index in [2.05, 4.69) is 0 Å². The minimum atomic E-state index is -1.08. The van der Waals surface area contributed by atoms with Crippen molar-refractivity contribution in [1.29, 1.82) is 0 Å². The van der Waals surface area contributed by atoms with Crippen LogP contribution in [-0.4, -0.2) is 11.9 Å². The Bertz CT molecular complexity index is 599. The molecule has 0 aliphatic heterocycles. The zero-order valence-corrected chi connectivity index (χ0v) is 14.9. The molecule has 0 fully saturated rings. The molecule has 4 nitrogen and oxygen atoms in total. The fourth-order valence-corrected chi connectivity index (χ4v) is 1.75. The van der Waals surface area contributed by atoms with E-state index in [0.717, 1.165) is 25.0 Å². The summed E-state index contributed by atoms with van der Waals surface area (Å²) in [4.78, 5) is 17.8. The average Bonchev–Trinajstić information content (AvgIpc) is 2.42. The van der Waals surface area contributed by atoms with Crippen LogP contribution in [0.5, 0.6) is 0 Å². The van der Waals surface area contributed by atoms with Crippen LogP contribution in [0.3, 0.4) is 0 Å². The predicted octanol–water partition coefficient (Wildman–Crippen LogP) is 2.17. The van der Waals surface area contributed by atoms with Crippen molar-refractivity contribution in [3.8, 4) is 11.1 Å². The van der Waals surface area contributed by atoms with Gasteiger partial charge in [-0.15, -0.1) is 0 Å². The molecule has 125 valence electrons. The minimum Gasteiger partial charge on any atom is -0.550 e. The van der Waals surface area contributed by atoms with Crippen LogP contribution in [0.15, 0.2) is 48.5 Å². The minimum absolute atomic E-state index is 0. The van der Waals surface area contributed by atoms with E-state index in [4.69, 9.17) is 43.0 Å². The molecule has 0 saturated heterocycles. The molecule has 0 bridgehead atoms. The summed E-state index contributed by atoms with van der Waals surface area (Å²) in [6.07, 6.45) is 0. The molecule has 2 rings (SSSR count). The largest absolute Gasteiger partial charge is 2.00 e. The standard InChI is InChI=1S/C12H8Cl2.2C2H4O2.Co/c13-11-8-4-7-10(12(11)14)9-5-2-1-3-6-9;2*1-2(3)4;/h1-8H;2*1H3,(H,3,4);/q;;;+2/p-2. The Balaban J connectivity index is 0. The maximum Gasteiger partial charge on any atom is 2.00 e. The number of carbonyl (C=O) groups excluding carboxylic acids is 2. The summed E-state index contributed by atoms with van der Waals surface area (Å²) in [6.45, 7) is 1.94. The average molecular weight is 400 g/mol. The topological polar surface area (TPSA) is 80.3 Å². The Labute approximate surface area is 155 Å². The van der Waals surface area contributed by atoms with Gasteiger partial charge in [0.15, 0.2) is 0 Å². The van der Waals surface area contributed by atoms with Gasteiger partial charge in [0.05, 0.1) is 10.0 Å². The van der Waals surface area contributed by atoms with E-state index in [1.54, 1.807) is 6.07 Å². The molecule has 0 atom stereocenters. The van der Waals surface area contributed by atoms with E-state index in [0.29, 0.717) is 10.0 Å². The molecule has 2 aromatic rings. The van der Waals surface area contributed by atoms with Crippen molar-refractivity contribution in [2.75, 3.05) is 0 Å². The SMILES string of the molecule is CC(=O)[O-].CC(=O)[O-].Clc1cccc(-c2ccccc2)c1Cl.[Co+2]. The van der Waals surface area contributed by atoms with Crippen LogP contribution in [0.2, 0.25) is 10.0 Å². The third-order valence-corrected chi connectivity index (χ3v) is 2.86. The molecule has 0 aliphatic carbocycles. The molecule has 23 heavy (non-hydrogen) atoms. The first-order chi connectivity index (χ1) is 10.3. The summed E-state index contributed by atoms with van der Waals surface area (Å²) in [5, 5.41) is 19.0. The van der Waals surface area contributed by atoms with Gasteiger partial charge >= 0.3 is 16.8 Å². The normalized spacial score (nSPS) is 8.35. The number of hydrogen-bond donors (Lipinski definition) is 0. The molecule has 0 spiro atoms. The molecule has 0 aromatic heterocycles. The van der Waals surface area contributed by atoms with Crippen LogP contribution >= 0.6 is 23.2 Å². The zero-order chi connectivity index (χ0) is 17.1. The van der Waals surface area contributed by atoms with Gasteiger partial charge in [-0.05, 0) is 25.5 Å². The molecule has 0 saturated carbocycles. The van der Waals surface area contributed by atoms with E-state index in [-0.39, 0.29) is 16.8 Å². The molecule has 0 amide bonds. The van der Waals surface area contributed by atoms with Gasteiger partial charge in [0.1, 0.15) is 0 Å². The van der Waals surface area contributed by atoms with Crippen LogP contribution in [-0.2, 0) is 26.4 Å². The summed E-state index contributed by atoms with van der Waals surface area (Å²) in [5.74, 6) is -2.17. The van der Waals surface area contributed by atoms with Crippen molar-refractivity contribution < 1.29 is 36.6 Å². The fourth-order valence-electron chi connectivity index (χ4n) is 1.34. The summed E-state index contributed by atoms with van der Waals surface area (Å²) in [7, 11) is 0. The Morgan fingerprint density at radius 1 is 0.826 bits per heavy atom. The second kappa shape index (κ2) is 13.0. The molecule has 1 radical (unpaired) electrons. The number of rotatable bonds is 1. The third kappa shape index (κ3) is 11.7. The van der Waals surface area contributed by atoms with Gasteiger partial charge in [-0.1, -0.05) is 65.7 Å². The second-order valence-corrected chi connectivity index (χ2v) is 4.74. The summed E-state index contributed by atoms with van der Waals surface area (Å²) >= 11 is 12.0. The van der Waals surface area contributed by atoms with Gasteiger partial charge < -0.3 is 19.8 Å². The number of benzene rings is 2. The van der Waals surface area contributed by atoms with Crippen molar-refractivity contribution in [3.05, 3.63) is 58.6 Å². The number of carbonyl (C=O) groups is 2. The number of carboxylic acids is 2. The van der Waals surface area contributed by atoms with Gasteiger partial charge in [-0.3, -0.25) is 0 Å². The van der Waals surface area contributed by atoms with E-state index in [1.165, 1.54) is 0 Å². The first kappa shape index (κ1) is 23.7. The van der Waals surface area contributed by atoms with Crippen molar-refractivity contribution in [2.45, 2.75) is 13.8 Å². The molecule has 0 N–H and O–H groups in total. The van der Waals surface area contributed by atoms with Crippen LogP contribution < -0.4 is 10.2 Å². The number of aliphatic carboxylic acids is 2. The third-order valence-electron chi connectivity index (χ3n) is 2.04. The maximum atomic E-state index is 8.89. The van der Waals surface area contributed by atoms with Crippen LogP contribution in [0, 0.1) is 0 Å². The smallest absolute Gasteiger partial charge is 0.550 e.